The van der Waals surface area contributed by atoms with E-state index in [9.17, 15) is 0 Å². The van der Waals surface area contributed by atoms with Crippen molar-refractivity contribution in [2.45, 2.75) is 26.3 Å². The summed E-state index contributed by atoms with van der Waals surface area (Å²) in [4.78, 5) is 0. The molecule has 1 aromatic rings. The van der Waals surface area contributed by atoms with Crippen molar-refractivity contribution < 1.29 is 4.74 Å². The molecule has 96 valence electrons. The Morgan fingerprint density at radius 1 is 1.35 bits per heavy atom. The summed E-state index contributed by atoms with van der Waals surface area (Å²) in [6, 6.07) is 8.13. The molecule has 0 amide bonds. The van der Waals surface area contributed by atoms with Crippen molar-refractivity contribution in [3.8, 4) is 5.75 Å². The monoisotopic (exact) mass is 253 g/mol. The second-order valence-electron chi connectivity index (χ2n) is 4.43. The Morgan fingerprint density at radius 3 is 2.76 bits per heavy atom. The van der Waals surface area contributed by atoms with E-state index in [1.165, 1.54) is 12.2 Å². The summed E-state index contributed by atoms with van der Waals surface area (Å²) in [6.45, 7) is 4.51. The molecule has 17 heavy (non-hydrogen) atoms. The van der Waals surface area contributed by atoms with Crippen LogP contribution in [-0.4, -0.2) is 18.6 Å². The van der Waals surface area contributed by atoms with Gasteiger partial charge in [0.15, 0.2) is 0 Å². The van der Waals surface area contributed by atoms with Crippen LogP contribution in [0.25, 0.3) is 0 Å². The van der Waals surface area contributed by atoms with Crippen LogP contribution in [0.15, 0.2) is 24.3 Å². The molecule has 0 radical (unpaired) electrons. The van der Waals surface area contributed by atoms with Gasteiger partial charge in [-0.2, -0.15) is 11.8 Å². The lowest BCUT2D eigenvalue weighted by Gasteiger charge is -2.14. The van der Waals surface area contributed by atoms with Gasteiger partial charge in [-0.1, -0.05) is 32.4 Å². The van der Waals surface area contributed by atoms with Crippen molar-refractivity contribution >= 4 is 11.8 Å². The summed E-state index contributed by atoms with van der Waals surface area (Å²) in [5.74, 6) is 3.81. The van der Waals surface area contributed by atoms with Crippen LogP contribution in [0.2, 0.25) is 0 Å². The fraction of sp³-hybridized carbons (Fsp3) is 0.571. The number of hydrogen-bond donors (Lipinski definition) is 1. The van der Waals surface area contributed by atoms with E-state index in [0.717, 1.165) is 23.0 Å². The third kappa shape index (κ3) is 5.00. The maximum Gasteiger partial charge on any atom is 0.119 e. The number of nitrogens with two attached hydrogens (primary N) is 1. The molecular weight excluding hydrogens is 230 g/mol. The Hall–Kier alpha value is -0.670. The molecule has 1 aromatic carbocycles. The maximum absolute atomic E-state index is 6.17. The highest BCUT2D eigenvalue weighted by molar-refractivity contribution is 7.99. The van der Waals surface area contributed by atoms with Crippen LogP contribution in [0.1, 0.15) is 31.9 Å². The molecule has 0 aliphatic rings. The van der Waals surface area contributed by atoms with Crippen molar-refractivity contribution in [2.75, 3.05) is 18.6 Å². The van der Waals surface area contributed by atoms with Crippen molar-refractivity contribution in [3.63, 3.8) is 0 Å². The van der Waals surface area contributed by atoms with Crippen LogP contribution in [-0.2, 0) is 0 Å². The summed E-state index contributed by atoms with van der Waals surface area (Å²) in [5.41, 5.74) is 7.32. The molecule has 0 aliphatic heterocycles. The molecule has 0 aromatic heterocycles. The third-order valence-electron chi connectivity index (χ3n) is 2.92. The largest absolute Gasteiger partial charge is 0.497 e. The van der Waals surface area contributed by atoms with Crippen LogP contribution >= 0.6 is 11.8 Å². The Bertz CT molecular complexity index is 330. The predicted molar refractivity (Wildman–Crippen MR) is 76.7 cm³/mol. The molecule has 0 heterocycles. The number of benzene rings is 1. The van der Waals surface area contributed by atoms with Crippen LogP contribution in [0, 0.1) is 5.92 Å². The highest BCUT2D eigenvalue weighted by Gasteiger charge is 2.08. The van der Waals surface area contributed by atoms with Gasteiger partial charge in [0.05, 0.1) is 7.11 Å². The average Bonchev–Trinajstić information content (AvgIpc) is 2.38. The van der Waals surface area contributed by atoms with E-state index in [4.69, 9.17) is 10.5 Å². The van der Waals surface area contributed by atoms with Crippen molar-refractivity contribution in [3.05, 3.63) is 29.8 Å². The second kappa shape index (κ2) is 7.62. The lowest BCUT2D eigenvalue weighted by atomic mass is 10.1. The summed E-state index contributed by atoms with van der Waals surface area (Å²) < 4.78 is 5.20. The van der Waals surface area contributed by atoms with Crippen LogP contribution in [0.5, 0.6) is 5.75 Å². The Morgan fingerprint density at radius 2 is 2.12 bits per heavy atom. The first-order valence-corrected chi connectivity index (χ1v) is 7.30. The van der Waals surface area contributed by atoms with Crippen LogP contribution in [0.3, 0.4) is 0 Å². The quantitative estimate of drug-likeness (QED) is 0.808. The molecule has 0 aliphatic carbocycles. The molecule has 0 spiro atoms. The molecule has 0 fully saturated rings. The van der Waals surface area contributed by atoms with Gasteiger partial charge in [-0.15, -0.1) is 0 Å². The lowest BCUT2D eigenvalue weighted by molar-refractivity contribution is 0.414. The molecule has 3 heteroatoms. The molecular formula is C14H23NOS. The van der Waals surface area contributed by atoms with Crippen molar-refractivity contribution in [2.24, 2.45) is 11.7 Å². The Kier molecular flexibility index (Phi) is 6.45. The molecule has 0 saturated carbocycles. The van der Waals surface area contributed by atoms with E-state index in [2.05, 4.69) is 19.9 Å². The van der Waals surface area contributed by atoms with Gasteiger partial charge in [-0.25, -0.2) is 0 Å². The van der Waals surface area contributed by atoms with Gasteiger partial charge in [0.1, 0.15) is 5.75 Å². The second-order valence-corrected chi connectivity index (χ2v) is 5.51. The number of ether oxygens (including phenoxy) is 1. The highest BCUT2D eigenvalue weighted by atomic mass is 32.2. The van der Waals surface area contributed by atoms with E-state index < -0.39 is 0 Å². The van der Waals surface area contributed by atoms with Gasteiger partial charge in [0.25, 0.3) is 0 Å². The third-order valence-corrected chi connectivity index (χ3v) is 4.32. The molecule has 2 N–H and O–H groups in total. The molecule has 0 bridgehead atoms. The fourth-order valence-electron chi connectivity index (χ4n) is 1.48. The van der Waals surface area contributed by atoms with E-state index in [1.807, 2.05) is 30.0 Å². The fourth-order valence-corrected chi connectivity index (χ4v) is 2.70. The normalized spacial score (nSPS) is 14.4. The van der Waals surface area contributed by atoms with E-state index in [-0.39, 0.29) is 6.04 Å². The average molecular weight is 253 g/mol. The van der Waals surface area contributed by atoms with Gasteiger partial charge in [0.2, 0.25) is 0 Å². The van der Waals surface area contributed by atoms with Gasteiger partial charge in [0, 0.05) is 11.8 Å². The first-order chi connectivity index (χ1) is 8.17. The standard InChI is InChI=1S/C14H23NOS/c1-4-11(2)9-17-10-14(15)12-6-5-7-13(8-12)16-3/h5-8,11,14H,4,9-10,15H2,1-3H3. The molecule has 2 unspecified atom stereocenters. The van der Waals surface area contributed by atoms with Crippen molar-refractivity contribution in [1.29, 1.82) is 0 Å². The zero-order valence-corrected chi connectivity index (χ0v) is 11.8. The summed E-state index contributed by atoms with van der Waals surface area (Å²) in [7, 11) is 1.68. The number of thioether (sulfide) groups is 1. The topological polar surface area (TPSA) is 35.2 Å². The number of hydrogen-bond acceptors (Lipinski definition) is 3. The Labute approximate surface area is 109 Å². The first-order valence-electron chi connectivity index (χ1n) is 6.14. The lowest BCUT2D eigenvalue weighted by Crippen LogP contribution is -2.14. The molecule has 2 atom stereocenters. The van der Waals surface area contributed by atoms with Gasteiger partial charge in [-0.3, -0.25) is 0 Å². The first kappa shape index (κ1) is 14.4. The predicted octanol–water partition coefficient (Wildman–Crippen LogP) is 3.47. The van der Waals surface area contributed by atoms with Crippen LogP contribution < -0.4 is 10.5 Å². The van der Waals surface area contributed by atoms with Gasteiger partial charge in [-0.05, 0) is 29.4 Å². The SMILES string of the molecule is CCC(C)CSCC(N)c1cccc(OC)c1. The van der Waals surface area contributed by atoms with Crippen molar-refractivity contribution in [1.82, 2.24) is 0 Å². The maximum atomic E-state index is 6.17. The van der Waals surface area contributed by atoms with E-state index >= 15 is 0 Å². The number of rotatable bonds is 7. The summed E-state index contributed by atoms with van der Waals surface area (Å²) >= 11 is 1.94. The molecule has 2 nitrogen and oxygen atoms in total. The number of methoxy groups -OCH3 is 1. The Balaban J connectivity index is 2.43. The molecule has 0 saturated heterocycles. The van der Waals surface area contributed by atoms with Crippen LogP contribution in [0.4, 0.5) is 0 Å². The smallest absolute Gasteiger partial charge is 0.119 e. The minimum absolute atomic E-state index is 0.0964. The summed E-state index contributed by atoms with van der Waals surface area (Å²) in [5, 5.41) is 0. The minimum Gasteiger partial charge on any atom is -0.497 e. The zero-order chi connectivity index (χ0) is 12.7. The van der Waals surface area contributed by atoms with Gasteiger partial charge >= 0.3 is 0 Å². The molecule has 1 rings (SSSR count). The van der Waals surface area contributed by atoms with E-state index in [0.29, 0.717) is 0 Å². The summed E-state index contributed by atoms with van der Waals surface area (Å²) in [6.07, 6.45) is 1.24. The minimum atomic E-state index is 0.0964. The zero-order valence-electron chi connectivity index (χ0n) is 11.0. The van der Waals surface area contributed by atoms with E-state index in [1.54, 1.807) is 7.11 Å². The highest BCUT2D eigenvalue weighted by Crippen LogP contribution is 2.22. The van der Waals surface area contributed by atoms with Gasteiger partial charge < -0.3 is 10.5 Å².